The molecule has 2 aromatic rings. The zero-order chi connectivity index (χ0) is 22.3. The number of thioether (sulfide) groups is 1. The van der Waals surface area contributed by atoms with Crippen LogP contribution in [0.5, 0.6) is 0 Å². The van der Waals surface area contributed by atoms with Gasteiger partial charge in [0.1, 0.15) is 11.4 Å². The van der Waals surface area contributed by atoms with Crippen molar-refractivity contribution in [2.75, 3.05) is 11.6 Å². The molecule has 5 nitrogen and oxygen atoms in total. The third-order valence-corrected chi connectivity index (χ3v) is 5.79. The molecule has 0 aromatic carbocycles. The van der Waals surface area contributed by atoms with Crippen molar-refractivity contribution in [3.05, 3.63) is 35.3 Å². The van der Waals surface area contributed by atoms with Crippen molar-refractivity contribution in [2.24, 2.45) is 11.8 Å². The van der Waals surface area contributed by atoms with Crippen molar-refractivity contribution >= 4 is 23.4 Å². The summed E-state index contributed by atoms with van der Waals surface area (Å²) in [5, 5.41) is 7.20. The minimum absolute atomic E-state index is 0.00541. The summed E-state index contributed by atoms with van der Waals surface area (Å²) in [6, 6.07) is 3.19. The standard InChI is InChI=1S/C19H21F5N4OS/c1-10-15(17(29)26-13-4-5-25-14(8-13)30-3)28(27-16(10)18(2,20)21)9-11-6-12(7-11)19(22,23)24/h4-5,8,11-12H,6-7,9H2,1-3H3,(H,25,26,29). The van der Waals surface area contributed by atoms with Crippen LogP contribution in [0.15, 0.2) is 23.4 Å². The molecule has 164 valence electrons. The molecular formula is C19H21F5N4OS. The van der Waals surface area contributed by atoms with Crippen LogP contribution >= 0.6 is 11.8 Å². The van der Waals surface area contributed by atoms with Gasteiger partial charge in [0.05, 0.1) is 10.9 Å². The Morgan fingerprint density at radius 3 is 2.53 bits per heavy atom. The third-order valence-electron chi connectivity index (χ3n) is 5.15. The first kappa shape index (κ1) is 22.5. The minimum atomic E-state index is -4.27. The lowest BCUT2D eigenvalue weighted by Crippen LogP contribution is -2.38. The molecule has 0 radical (unpaired) electrons. The Balaban J connectivity index is 1.86. The first-order valence-electron chi connectivity index (χ1n) is 9.24. The number of carbonyl (C=O) groups is 1. The minimum Gasteiger partial charge on any atom is -0.321 e. The number of alkyl halides is 5. The molecule has 0 aliphatic heterocycles. The van der Waals surface area contributed by atoms with Gasteiger partial charge in [0.2, 0.25) is 0 Å². The van der Waals surface area contributed by atoms with Gasteiger partial charge < -0.3 is 5.32 Å². The number of hydrogen-bond acceptors (Lipinski definition) is 4. The lowest BCUT2D eigenvalue weighted by atomic mass is 9.74. The molecule has 2 aromatic heterocycles. The third kappa shape index (κ3) is 4.76. The summed E-state index contributed by atoms with van der Waals surface area (Å²) < 4.78 is 67.3. The largest absolute Gasteiger partial charge is 0.391 e. The Labute approximate surface area is 174 Å². The zero-order valence-corrected chi connectivity index (χ0v) is 17.4. The predicted molar refractivity (Wildman–Crippen MR) is 103 cm³/mol. The fourth-order valence-corrected chi connectivity index (χ4v) is 3.98. The van der Waals surface area contributed by atoms with Gasteiger partial charge in [-0.15, -0.1) is 11.8 Å². The van der Waals surface area contributed by atoms with E-state index in [9.17, 15) is 26.7 Å². The van der Waals surface area contributed by atoms with Gasteiger partial charge in [-0.1, -0.05) is 0 Å². The first-order valence-corrected chi connectivity index (χ1v) is 10.5. The van der Waals surface area contributed by atoms with E-state index in [1.807, 2.05) is 6.26 Å². The van der Waals surface area contributed by atoms with E-state index >= 15 is 0 Å². The number of carbonyl (C=O) groups excluding carboxylic acids is 1. The van der Waals surface area contributed by atoms with Crippen LogP contribution in [0.4, 0.5) is 27.6 Å². The molecule has 0 atom stereocenters. The number of pyridine rings is 1. The fraction of sp³-hybridized carbons (Fsp3) is 0.526. The van der Waals surface area contributed by atoms with Gasteiger partial charge in [-0.3, -0.25) is 9.48 Å². The maximum absolute atomic E-state index is 14.0. The zero-order valence-electron chi connectivity index (χ0n) is 16.6. The number of nitrogens with zero attached hydrogens (tertiary/aromatic N) is 3. The molecule has 11 heteroatoms. The number of rotatable bonds is 6. The summed E-state index contributed by atoms with van der Waals surface area (Å²) >= 11 is 1.37. The number of anilines is 1. The normalized spacial score (nSPS) is 19.5. The van der Waals surface area contributed by atoms with Crippen molar-refractivity contribution in [2.45, 2.75) is 50.4 Å². The van der Waals surface area contributed by atoms with Gasteiger partial charge in [-0.25, -0.2) is 4.98 Å². The van der Waals surface area contributed by atoms with Gasteiger partial charge in [0, 0.05) is 30.9 Å². The summed E-state index contributed by atoms with van der Waals surface area (Å²) in [6.45, 7) is 2.01. The van der Waals surface area contributed by atoms with Crippen molar-refractivity contribution < 1.29 is 26.7 Å². The first-order chi connectivity index (χ1) is 13.9. The quantitative estimate of drug-likeness (QED) is 0.484. The summed E-state index contributed by atoms with van der Waals surface area (Å²) in [7, 11) is 0. The molecule has 1 fully saturated rings. The Morgan fingerprint density at radius 1 is 1.30 bits per heavy atom. The highest BCUT2D eigenvalue weighted by atomic mass is 32.2. The Hall–Kier alpha value is -2.17. The molecule has 1 aliphatic carbocycles. The SMILES string of the molecule is CSc1cc(NC(=O)c2c(C)c(C(C)(F)F)nn2CC2CC(C(F)(F)F)C2)ccn1. The summed E-state index contributed by atoms with van der Waals surface area (Å²) in [5.41, 5.74) is -0.202. The molecule has 1 aliphatic rings. The molecule has 0 bridgehead atoms. The highest BCUT2D eigenvalue weighted by molar-refractivity contribution is 7.98. The van der Waals surface area contributed by atoms with Crippen LogP contribution in [0, 0.1) is 18.8 Å². The highest BCUT2D eigenvalue weighted by Crippen LogP contribution is 2.45. The number of halogens is 5. The van der Waals surface area contributed by atoms with Crippen molar-refractivity contribution in [1.82, 2.24) is 14.8 Å². The second-order valence-corrected chi connectivity index (χ2v) is 8.34. The Morgan fingerprint density at radius 2 is 1.97 bits per heavy atom. The highest BCUT2D eigenvalue weighted by Gasteiger charge is 2.48. The van der Waals surface area contributed by atoms with Crippen LogP contribution in [-0.4, -0.2) is 33.1 Å². The number of aromatic nitrogens is 3. The smallest absolute Gasteiger partial charge is 0.321 e. The molecule has 2 heterocycles. The molecule has 0 spiro atoms. The average Bonchev–Trinajstić information content (AvgIpc) is 2.93. The second kappa shape index (κ2) is 8.16. The van der Waals surface area contributed by atoms with E-state index in [4.69, 9.17) is 0 Å². The van der Waals surface area contributed by atoms with E-state index < -0.39 is 29.6 Å². The number of hydrogen-bond donors (Lipinski definition) is 1. The van der Waals surface area contributed by atoms with Crippen LogP contribution < -0.4 is 5.32 Å². The van der Waals surface area contributed by atoms with Crippen LogP contribution in [-0.2, 0) is 12.5 Å². The van der Waals surface area contributed by atoms with Gasteiger partial charge in [0.25, 0.3) is 11.8 Å². The van der Waals surface area contributed by atoms with Crippen molar-refractivity contribution in [3.8, 4) is 0 Å². The lowest BCUT2D eigenvalue weighted by molar-refractivity contribution is -0.205. The summed E-state index contributed by atoms with van der Waals surface area (Å²) in [6.07, 6.45) is -1.17. The maximum Gasteiger partial charge on any atom is 0.391 e. The van der Waals surface area contributed by atoms with Gasteiger partial charge in [-0.05, 0) is 44.1 Å². The van der Waals surface area contributed by atoms with E-state index in [0.29, 0.717) is 17.6 Å². The predicted octanol–water partition coefficient (Wildman–Crippen LogP) is 5.26. The van der Waals surface area contributed by atoms with Gasteiger partial charge in [0.15, 0.2) is 0 Å². The molecular weight excluding hydrogens is 427 g/mol. The Bertz CT molecular complexity index is 932. The van der Waals surface area contributed by atoms with Crippen LogP contribution in [0.25, 0.3) is 0 Å². The molecule has 1 amide bonds. The van der Waals surface area contributed by atoms with E-state index in [1.165, 1.54) is 24.9 Å². The molecule has 1 saturated carbocycles. The summed E-state index contributed by atoms with van der Waals surface area (Å²) in [4.78, 5) is 17.0. The van der Waals surface area contributed by atoms with Gasteiger partial charge in [-0.2, -0.15) is 27.1 Å². The van der Waals surface area contributed by atoms with Gasteiger partial charge >= 0.3 is 6.18 Å². The number of nitrogens with one attached hydrogen (secondary N) is 1. The number of amides is 1. The lowest BCUT2D eigenvalue weighted by Gasteiger charge is -2.36. The molecule has 30 heavy (non-hydrogen) atoms. The average molecular weight is 448 g/mol. The van der Waals surface area contributed by atoms with Crippen molar-refractivity contribution in [1.29, 1.82) is 0 Å². The molecule has 0 saturated heterocycles. The Kier molecular flexibility index (Phi) is 6.13. The second-order valence-electron chi connectivity index (χ2n) is 7.51. The van der Waals surface area contributed by atoms with Crippen LogP contribution in [0.1, 0.15) is 41.5 Å². The van der Waals surface area contributed by atoms with Crippen molar-refractivity contribution in [3.63, 3.8) is 0 Å². The summed E-state index contributed by atoms with van der Waals surface area (Å²) in [5.74, 6) is -5.73. The fourth-order valence-electron chi connectivity index (χ4n) is 3.57. The van der Waals surface area contributed by atoms with E-state index in [0.717, 1.165) is 4.68 Å². The van der Waals surface area contributed by atoms with E-state index in [1.54, 1.807) is 12.1 Å². The van der Waals surface area contributed by atoms with Crippen LogP contribution in [0.2, 0.25) is 0 Å². The molecule has 0 unspecified atom stereocenters. The monoisotopic (exact) mass is 448 g/mol. The topological polar surface area (TPSA) is 59.8 Å². The van der Waals surface area contributed by atoms with Crippen LogP contribution in [0.3, 0.4) is 0 Å². The van der Waals surface area contributed by atoms with E-state index in [2.05, 4.69) is 15.4 Å². The van der Waals surface area contributed by atoms with E-state index in [-0.39, 0.29) is 36.6 Å². The molecule has 1 N–H and O–H groups in total. The maximum atomic E-state index is 14.0. The molecule has 3 rings (SSSR count).